The van der Waals surface area contributed by atoms with E-state index in [-0.39, 0.29) is 5.96 Å². The molecule has 0 unspecified atom stereocenters. The molecular weight excluding hydrogens is 567 g/mol. The van der Waals surface area contributed by atoms with Crippen molar-refractivity contribution in [1.82, 2.24) is 14.8 Å². The lowest BCUT2D eigenvalue weighted by molar-refractivity contribution is 0.417. The van der Waals surface area contributed by atoms with Gasteiger partial charge in [0, 0.05) is 66.3 Å². The molecule has 1 aliphatic rings. The Hall–Kier alpha value is -3.43. The Morgan fingerprint density at radius 1 is 1.21 bits per heavy atom. The topological polar surface area (TPSA) is 109 Å². The maximum absolute atomic E-state index is 12.8. The fourth-order valence-corrected chi connectivity index (χ4v) is 5.56. The monoisotopic (exact) mass is 598 g/mol. The number of pyridine rings is 1. The molecule has 0 radical (unpaired) electrons. The van der Waals surface area contributed by atoms with Crippen LogP contribution in [0.5, 0.6) is 5.75 Å². The van der Waals surface area contributed by atoms with Crippen LogP contribution in [0.2, 0.25) is 0 Å². The first-order valence-corrected chi connectivity index (χ1v) is 15.3. The van der Waals surface area contributed by atoms with Gasteiger partial charge in [0.05, 0.1) is 24.7 Å². The van der Waals surface area contributed by atoms with E-state index in [1.165, 1.54) is 5.69 Å². The van der Waals surface area contributed by atoms with Crippen LogP contribution in [0.15, 0.2) is 56.9 Å². The average molecular weight is 599 g/mol. The van der Waals surface area contributed by atoms with Crippen LogP contribution in [-0.4, -0.2) is 61.5 Å². The van der Waals surface area contributed by atoms with Crippen LogP contribution in [-0.2, 0) is 18.0 Å². The fraction of sp³-hybridized carbons (Fsp3) is 0.308. The van der Waals surface area contributed by atoms with Crippen LogP contribution in [0.3, 0.4) is 0 Å². The van der Waals surface area contributed by atoms with Crippen molar-refractivity contribution in [2.45, 2.75) is 13.3 Å². The van der Waals surface area contributed by atoms with Crippen LogP contribution in [0.1, 0.15) is 12.6 Å². The highest BCUT2D eigenvalue weighted by molar-refractivity contribution is 9.11. The number of ether oxygens (including phenoxy) is 1. The fourth-order valence-electron chi connectivity index (χ4n) is 4.32. The van der Waals surface area contributed by atoms with Crippen molar-refractivity contribution in [2.24, 2.45) is 17.0 Å². The van der Waals surface area contributed by atoms with Crippen LogP contribution < -0.4 is 25.7 Å². The van der Waals surface area contributed by atoms with Crippen molar-refractivity contribution in [1.29, 1.82) is 0 Å². The van der Waals surface area contributed by atoms with Crippen LogP contribution in [0, 0.1) is 0 Å². The third kappa shape index (κ3) is 5.68. The molecule has 0 bridgehead atoms. The quantitative estimate of drug-likeness (QED) is 0.236. The Morgan fingerprint density at radius 3 is 2.63 bits per heavy atom. The predicted octanol–water partition coefficient (Wildman–Crippen LogP) is 4.90. The first-order chi connectivity index (χ1) is 18.0. The Bertz CT molecular complexity index is 1490. The van der Waals surface area contributed by atoms with Crippen molar-refractivity contribution in [3.05, 3.63) is 52.7 Å². The third-order valence-electron chi connectivity index (χ3n) is 6.25. The molecule has 0 saturated heterocycles. The molecule has 2 aromatic heterocycles. The van der Waals surface area contributed by atoms with Crippen LogP contribution >= 0.6 is 23.1 Å². The first kappa shape index (κ1) is 27.6. The molecule has 0 amide bonds. The minimum atomic E-state index is -2.63. The zero-order chi connectivity index (χ0) is 27.6. The molecule has 0 atom stereocenters. The van der Waals surface area contributed by atoms with E-state index in [9.17, 15) is 4.57 Å². The lowest BCUT2D eigenvalue weighted by Gasteiger charge is -2.22. The summed E-state index contributed by atoms with van der Waals surface area (Å²) in [6.07, 6.45) is 4.41. The van der Waals surface area contributed by atoms with Gasteiger partial charge >= 0.3 is 0 Å². The number of aliphatic imine (C=N–C) groups is 2. The van der Waals surface area contributed by atoms with E-state index in [4.69, 9.17) is 4.74 Å². The largest absolute Gasteiger partial charge is 0.494 e. The van der Waals surface area contributed by atoms with Crippen molar-refractivity contribution in [3.63, 3.8) is 0 Å². The molecule has 3 heterocycles. The number of fused-ring (bicyclic) bond motifs is 3. The second kappa shape index (κ2) is 11.1. The first-order valence-electron chi connectivity index (χ1n) is 11.9. The van der Waals surface area contributed by atoms with E-state index in [0.717, 1.165) is 29.8 Å². The summed E-state index contributed by atoms with van der Waals surface area (Å²) in [6, 6.07) is 7.63. The number of rotatable bonds is 6. The Balaban J connectivity index is 1.74. The van der Waals surface area contributed by atoms with Gasteiger partial charge in [-0.15, -0.1) is 0 Å². The summed E-state index contributed by atoms with van der Waals surface area (Å²) in [7, 11) is 3.03. The van der Waals surface area contributed by atoms with E-state index >= 15 is 0 Å². The smallest absolute Gasteiger partial charge is 0.228 e. The number of methoxy groups -OCH3 is 1. The number of halogens is 1. The molecule has 0 aliphatic carbocycles. The number of guanidine groups is 1. The minimum absolute atomic E-state index is 0.250. The minimum Gasteiger partial charge on any atom is -0.494 e. The number of aryl methyl sites for hydroxylation is 1. The summed E-state index contributed by atoms with van der Waals surface area (Å²) < 4.78 is 21.2. The molecule has 2 N–H and O–H groups in total. The SMILES string of the molecule is C=NC(=N/C(Nc1cccnc1P(C)(C)=O)=C(\C)Br)Nc1cc2c(cc1OC)N(C)CCc1c-2cnn1C. The second-order valence-electron chi connectivity index (χ2n) is 9.32. The number of benzene rings is 1. The van der Waals surface area contributed by atoms with Gasteiger partial charge < -0.3 is 24.8 Å². The van der Waals surface area contributed by atoms with Crippen molar-refractivity contribution < 1.29 is 9.30 Å². The number of aromatic nitrogens is 3. The highest BCUT2D eigenvalue weighted by atomic mass is 79.9. The van der Waals surface area contributed by atoms with E-state index in [0.29, 0.717) is 32.9 Å². The number of likely N-dealkylation sites (N-methyl/N-ethyl adjacent to an activating group) is 1. The van der Waals surface area contributed by atoms with Gasteiger partial charge in [-0.1, -0.05) is 15.9 Å². The number of anilines is 3. The lowest BCUT2D eigenvalue weighted by Crippen LogP contribution is -2.20. The summed E-state index contributed by atoms with van der Waals surface area (Å²) in [6.45, 7) is 9.79. The van der Waals surface area contributed by atoms with Gasteiger partial charge in [-0.25, -0.2) is 4.99 Å². The summed E-state index contributed by atoms with van der Waals surface area (Å²) >= 11 is 3.52. The number of nitrogens with zero attached hydrogens (tertiary/aromatic N) is 6. The summed E-state index contributed by atoms with van der Waals surface area (Å²) in [5.74, 6) is 1.35. The molecule has 4 rings (SSSR count). The van der Waals surface area contributed by atoms with Gasteiger partial charge in [0.25, 0.3) is 0 Å². The Labute approximate surface area is 231 Å². The molecule has 38 heavy (non-hydrogen) atoms. The zero-order valence-electron chi connectivity index (χ0n) is 22.4. The lowest BCUT2D eigenvalue weighted by atomic mass is 10.0. The number of nitrogens with one attached hydrogen (secondary N) is 2. The maximum Gasteiger partial charge on any atom is 0.228 e. The van der Waals surface area contributed by atoms with E-state index < -0.39 is 7.14 Å². The van der Waals surface area contributed by atoms with Crippen LogP contribution in [0.4, 0.5) is 17.1 Å². The van der Waals surface area contributed by atoms with E-state index in [1.807, 2.05) is 43.0 Å². The van der Waals surface area contributed by atoms with Crippen LogP contribution in [0.25, 0.3) is 11.1 Å². The Kier molecular flexibility index (Phi) is 8.08. The summed E-state index contributed by atoms with van der Waals surface area (Å²) in [4.78, 5) is 15.4. The van der Waals surface area contributed by atoms with Crippen molar-refractivity contribution in [2.75, 3.05) is 49.6 Å². The molecule has 10 nitrogen and oxygen atoms in total. The van der Waals surface area contributed by atoms with Crippen molar-refractivity contribution in [3.8, 4) is 16.9 Å². The maximum atomic E-state index is 12.8. The van der Waals surface area contributed by atoms with Gasteiger partial charge in [0.15, 0.2) is 0 Å². The standard InChI is InChI=1S/C26H32BrN8O2P/c1-16(27)24(31-19-9-8-11-29-25(19)38(6,7)36)33-26(28-2)32-20-13-17-18-15-30-35(4)21(18)10-12-34(3)22(17)14-23(20)37-5/h8-9,11,13-15,31H,2,10,12H2,1,3-7H3,(H,32,33)/b24-16+. The third-order valence-corrected chi connectivity index (χ3v) is 8.01. The summed E-state index contributed by atoms with van der Waals surface area (Å²) in [5, 5.41) is 11.0. The molecule has 1 aliphatic heterocycles. The van der Waals surface area contributed by atoms with Gasteiger partial charge in [-0.3, -0.25) is 9.67 Å². The summed E-state index contributed by atoms with van der Waals surface area (Å²) in [5.41, 5.74) is 6.12. The zero-order valence-corrected chi connectivity index (χ0v) is 24.9. The molecule has 200 valence electrons. The molecule has 0 fully saturated rings. The van der Waals surface area contributed by atoms with Gasteiger partial charge in [0.1, 0.15) is 24.1 Å². The highest BCUT2D eigenvalue weighted by Crippen LogP contribution is 2.42. The molecule has 3 aromatic rings. The van der Waals surface area contributed by atoms with Gasteiger partial charge in [-0.2, -0.15) is 10.1 Å². The highest BCUT2D eigenvalue weighted by Gasteiger charge is 2.24. The number of hydrogen-bond acceptors (Lipinski definition) is 7. The normalized spacial score (nSPS) is 14.2. The van der Waals surface area contributed by atoms with Gasteiger partial charge in [0.2, 0.25) is 5.96 Å². The average Bonchev–Trinajstić information content (AvgIpc) is 3.18. The van der Waals surface area contributed by atoms with E-state index in [1.54, 1.807) is 32.7 Å². The van der Waals surface area contributed by atoms with E-state index in [2.05, 4.69) is 65.3 Å². The molecule has 0 spiro atoms. The van der Waals surface area contributed by atoms with Gasteiger partial charge in [-0.05, 0) is 45.2 Å². The second-order valence-corrected chi connectivity index (χ2v) is 13.6. The molecular formula is C26H32BrN8O2P. The molecule has 0 saturated carbocycles. The number of allylic oxidation sites excluding steroid dienone is 1. The van der Waals surface area contributed by atoms with Crippen molar-refractivity contribution >= 4 is 58.2 Å². The number of hydrogen-bond donors (Lipinski definition) is 2. The molecule has 1 aromatic carbocycles. The molecule has 12 heteroatoms. The predicted molar refractivity (Wildman–Crippen MR) is 161 cm³/mol. The Morgan fingerprint density at radius 2 is 1.97 bits per heavy atom.